The van der Waals surface area contributed by atoms with Crippen molar-refractivity contribution >= 4 is 23.9 Å². The standard InChI is InChI=1S/C16H22N4O3.C14H16N2O4.C2H8N2/c1-18(2)17-15(21)14-9-8-13-10-19(14)16(22)20(13)23-11-12-6-4-3-5-7-12;17-13(18)12-7-6-11-8-15(12)14(19)16(11)20-9-10-4-2-1-3-5-10;1-4(2)3/h3-7,13-14H,8-11H2,1-2H3,(H,17,21);1-5,11-12H,6-9H2,(H,17,18);3H2,1-2H3/t13-,14+;11-,12+;/m11./s1. The van der Waals surface area contributed by atoms with Gasteiger partial charge in [0.05, 0.1) is 12.1 Å². The van der Waals surface area contributed by atoms with E-state index in [4.69, 9.17) is 20.6 Å². The number of carbonyl (C=O) groups excluding carboxylic acids is 3. The van der Waals surface area contributed by atoms with Crippen molar-refractivity contribution < 1.29 is 34.0 Å². The molecule has 2 aromatic rings. The first-order valence-electron chi connectivity index (χ1n) is 15.6. The molecule has 15 heteroatoms. The van der Waals surface area contributed by atoms with E-state index < -0.39 is 18.1 Å². The molecule has 0 unspecified atom stereocenters. The highest BCUT2D eigenvalue weighted by molar-refractivity contribution is 5.88. The van der Waals surface area contributed by atoms with Crippen LogP contribution in [0.5, 0.6) is 0 Å². The number of hydrazine groups is 2. The Morgan fingerprint density at radius 2 is 1.17 bits per heavy atom. The van der Waals surface area contributed by atoms with Gasteiger partial charge in [-0.05, 0) is 36.8 Å². The van der Waals surface area contributed by atoms with Gasteiger partial charge < -0.3 is 14.9 Å². The van der Waals surface area contributed by atoms with Gasteiger partial charge in [0.2, 0.25) is 0 Å². The van der Waals surface area contributed by atoms with Gasteiger partial charge in [0.25, 0.3) is 5.91 Å². The van der Waals surface area contributed by atoms with E-state index in [1.165, 1.54) is 20.0 Å². The first kappa shape index (κ1) is 35.6. The number of aliphatic carboxylic acids is 1. The quantitative estimate of drug-likeness (QED) is 0.269. The summed E-state index contributed by atoms with van der Waals surface area (Å²) in [6.45, 7) is 1.64. The zero-order valence-corrected chi connectivity index (χ0v) is 27.4. The summed E-state index contributed by atoms with van der Waals surface area (Å²) in [5.41, 5.74) is 4.72. The molecule has 47 heavy (non-hydrogen) atoms. The van der Waals surface area contributed by atoms with E-state index in [2.05, 4.69) is 5.43 Å². The summed E-state index contributed by atoms with van der Waals surface area (Å²) >= 11 is 0. The number of urea groups is 2. The van der Waals surface area contributed by atoms with Crippen molar-refractivity contribution in [2.45, 2.75) is 63.1 Å². The number of fused-ring (bicyclic) bond motifs is 4. The molecule has 6 rings (SSSR count). The second-order valence-corrected chi connectivity index (χ2v) is 12.2. The lowest BCUT2D eigenvalue weighted by molar-refractivity contribution is -0.143. The Morgan fingerprint density at radius 1 is 0.766 bits per heavy atom. The Kier molecular flexibility index (Phi) is 12.5. The number of nitrogens with two attached hydrogens (primary N) is 1. The largest absolute Gasteiger partial charge is 0.480 e. The van der Waals surface area contributed by atoms with E-state index in [0.717, 1.165) is 17.5 Å². The minimum absolute atomic E-state index is 0.0228. The Morgan fingerprint density at radius 3 is 1.57 bits per heavy atom. The fraction of sp³-hybridized carbons (Fsp3) is 0.500. The summed E-state index contributed by atoms with van der Waals surface area (Å²) in [5, 5.41) is 15.0. The zero-order chi connectivity index (χ0) is 34.1. The minimum Gasteiger partial charge on any atom is -0.480 e. The number of nitrogens with one attached hydrogen (secondary N) is 1. The first-order valence-corrected chi connectivity index (χ1v) is 15.6. The fourth-order valence-electron chi connectivity index (χ4n) is 5.86. The minimum atomic E-state index is -0.943. The van der Waals surface area contributed by atoms with Crippen molar-refractivity contribution in [3.8, 4) is 0 Å². The van der Waals surface area contributed by atoms with Crippen molar-refractivity contribution in [2.75, 3.05) is 41.3 Å². The van der Waals surface area contributed by atoms with Gasteiger partial charge in [-0.15, -0.1) is 0 Å². The number of rotatable bonds is 9. The van der Waals surface area contributed by atoms with E-state index in [0.29, 0.717) is 45.6 Å². The average Bonchev–Trinajstić information content (AvgIpc) is 3.42. The SMILES string of the molecule is CN(C)N.CN(C)NC(=O)[C@@H]1CC[C@@H]2CN1C(=O)N2OCc1ccccc1.O=C(O)[C@@H]1CC[C@@H]2CN1C(=O)N2OCc1ccccc1. The number of amides is 5. The number of carboxylic acids is 1. The second-order valence-electron chi connectivity index (χ2n) is 12.2. The van der Waals surface area contributed by atoms with Gasteiger partial charge in [0, 0.05) is 41.3 Å². The number of nitrogens with zero attached hydrogens (tertiary/aromatic N) is 6. The maximum atomic E-state index is 12.5. The van der Waals surface area contributed by atoms with Gasteiger partial charge in [-0.3, -0.25) is 30.7 Å². The van der Waals surface area contributed by atoms with Crippen molar-refractivity contribution in [1.29, 1.82) is 0 Å². The molecule has 0 radical (unpaired) electrons. The molecular formula is C32H46N8O7. The maximum absolute atomic E-state index is 12.5. The van der Waals surface area contributed by atoms with Gasteiger partial charge >= 0.3 is 18.0 Å². The van der Waals surface area contributed by atoms with E-state index in [-0.39, 0.29) is 30.1 Å². The van der Waals surface area contributed by atoms with E-state index in [1.807, 2.05) is 60.7 Å². The third-order valence-corrected chi connectivity index (χ3v) is 7.99. The topological polar surface area (TPSA) is 164 Å². The molecule has 2 aromatic carbocycles. The Balaban J connectivity index is 0.000000193. The molecule has 0 spiro atoms. The molecule has 4 saturated heterocycles. The third kappa shape index (κ3) is 9.39. The Hall–Kier alpha value is -4.28. The molecule has 0 saturated carbocycles. The van der Waals surface area contributed by atoms with Gasteiger partial charge in [-0.1, -0.05) is 60.7 Å². The van der Waals surface area contributed by atoms with Crippen LogP contribution in [0.3, 0.4) is 0 Å². The van der Waals surface area contributed by atoms with Crippen molar-refractivity contribution in [2.24, 2.45) is 5.84 Å². The van der Waals surface area contributed by atoms with E-state index >= 15 is 0 Å². The summed E-state index contributed by atoms with van der Waals surface area (Å²) in [4.78, 5) is 62.4. The summed E-state index contributed by atoms with van der Waals surface area (Å²) < 4.78 is 0. The van der Waals surface area contributed by atoms with Gasteiger partial charge in [0.1, 0.15) is 25.3 Å². The molecule has 0 aliphatic carbocycles. The van der Waals surface area contributed by atoms with Crippen LogP contribution in [0.2, 0.25) is 0 Å². The summed E-state index contributed by atoms with van der Waals surface area (Å²) in [7, 11) is 7.06. The van der Waals surface area contributed by atoms with Crippen molar-refractivity contribution in [1.82, 2.24) is 35.4 Å². The average molecular weight is 655 g/mol. The number of benzene rings is 2. The van der Waals surface area contributed by atoms with Crippen LogP contribution in [0.25, 0.3) is 0 Å². The maximum Gasteiger partial charge on any atom is 0.345 e. The second kappa shape index (κ2) is 16.5. The van der Waals surface area contributed by atoms with Crippen LogP contribution in [0.4, 0.5) is 9.59 Å². The van der Waals surface area contributed by atoms with Crippen LogP contribution in [-0.2, 0) is 32.5 Å². The Bertz CT molecular complexity index is 1350. The normalized spacial score (nSPS) is 23.0. The molecule has 4 aliphatic heterocycles. The van der Waals surface area contributed by atoms with Gasteiger partial charge in [-0.25, -0.2) is 19.4 Å². The molecule has 256 valence electrons. The number of hydroxylamine groups is 4. The van der Waals surface area contributed by atoms with Crippen molar-refractivity contribution in [3.05, 3.63) is 71.8 Å². The number of carbonyl (C=O) groups is 4. The molecule has 4 bridgehead atoms. The lowest BCUT2D eigenvalue weighted by Gasteiger charge is -2.30. The van der Waals surface area contributed by atoms with Crippen LogP contribution in [-0.4, -0.2) is 124 Å². The predicted molar refractivity (Wildman–Crippen MR) is 171 cm³/mol. The number of hydrogen-bond donors (Lipinski definition) is 3. The lowest BCUT2D eigenvalue weighted by atomic mass is 10.0. The smallest absolute Gasteiger partial charge is 0.345 e. The summed E-state index contributed by atoms with van der Waals surface area (Å²) in [6, 6.07) is 17.6. The molecule has 15 nitrogen and oxygen atoms in total. The van der Waals surface area contributed by atoms with Gasteiger partial charge in [0.15, 0.2) is 0 Å². The van der Waals surface area contributed by atoms with E-state index in [1.54, 1.807) is 38.1 Å². The molecular weight excluding hydrogens is 608 g/mol. The third-order valence-electron chi connectivity index (χ3n) is 7.99. The number of carboxylic acid groups (broad SMARTS) is 1. The molecule has 4 fully saturated rings. The molecule has 4 aliphatic rings. The summed E-state index contributed by atoms with van der Waals surface area (Å²) in [5.74, 6) is 3.86. The van der Waals surface area contributed by atoms with Crippen molar-refractivity contribution in [3.63, 3.8) is 0 Å². The molecule has 0 aromatic heterocycles. The van der Waals surface area contributed by atoms with Crippen LogP contribution in [0.1, 0.15) is 36.8 Å². The van der Waals surface area contributed by atoms with E-state index in [9.17, 15) is 19.2 Å². The highest BCUT2D eigenvalue weighted by atomic mass is 16.7. The fourth-order valence-corrected chi connectivity index (χ4v) is 5.86. The molecule has 5 amide bonds. The molecule has 4 atom stereocenters. The number of hydrogen-bond acceptors (Lipinski definition) is 9. The van der Waals surface area contributed by atoms with Crippen LogP contribution < -0.4 is 11.3 Å². The van der Waals surface area contributed by atoms with Crippen LogP contribution in [0, 0.1) is 0 Å². The van der Waals surface area contributed by atoms with Crippen LogP contribution >= 0.6 is 0 Å². The first-order chi connectivity index (χ1) is 22.5. The lowest BCUT2D eigenvalue weighted by Crippen LogP contribution is -2.52. The molecule has 4 heterocycles. The monoisotopic (exact) mass is 654 g/mol. The zero-order valence-electron chi connectivity index (χ0n) is 27.4. The van der Waals surface area contributed by atoms with Crippen LogP contribution in [0.15, 0.2) is 60.7 Å². The molecule has 4 N–H and O–H groups in total. The highest BCUT2D eigenvalue weighted by Gasteiger charge is 2.49. The predicted octanol–water partition coefficient (Wildman–Crippen LogP) is 1.87. The summed E-state index contributed by atoms with van der Waals surface area (Å²) in [6.07, 6.45) is 2.56. The van der Waals surface area contributed by atoms with Gasteiger partial charge in [-0.2, -0.15) is 10.1 Å². The number of piperidine rings is 2. The highest BCUT2D eigenvalue weighted by Crippen LogP contribution is 2.31. The Labute approximate surface area is 275 Å².